The van der Waals surface area contributed by atoms with Gasteiger partial charge in [-0.05, 0) is 62.8 Å². The van der Waals surface area contributed by atoms with Crippen LogP contribution in [-0.4, -0.2) is 22.1 Å². The summed E-state index contributed by atoms with van der Waals surface area (Å²) in [5.41, 5.74) is 3.74. The van der Waals surface area contributed by atoms with Gasteiger partial charge < -0.3 is 9.47 Å². The molecule has 1 aromatic carbocycles. The highest BCUT2D eigenvalue weighted by Gasteiger charge is 2.36. The van der Waals surface area contributed by atoms with E-state index in [2.05, 4.69) is 40.7 Å². The third-order valence-electron chi connectivity index (χ3n) is 6.81. The van der Waals surface area contributed by atoms with Crippen molar-refractivity contribution in [3.8, 4) is 6.07 Å². The molecule has 0 N–H and O–H groups in total. The minimum absolute atomic E-state index is 0.278. The van der Waals surface area contributed by atoms with Crippen LogP contribution in [0.1, 0.15) is 62.7 Å². The zero-order chi connectivity index (χ0) is 19.3. The van der Waals surface area contributed by atoms with E-state index in [1.54, 1.807) is 0 Å². The van der Waals surface area contributed by atoms with Crippen LogP contribution in [0.2, 0.25) is 0 Å². The van der Waals surface area contributed by atoms with Gasteiger partial charge in [-0.3, -0.25) is 0 Å². The summed E-state index contributed by atoms with van der Waals surface area (Å²) in [7, 11) is 0. The first-order valence-electron chi connectivity index (χ1n) is 10.6. The van der Waals surface area contributed by atoms with E-state index in [9.17, 15) is 9.65 Å². The molecule has 3 nitrogen and oxygen atoms in total. The first kappa shape index (κ1) is 17.6. The second-order valence-corrected chi connectivity index (χ2v) is 8.52. The van der Waals surface area contributed by atoms with Gasteiger partial charge in [0.2, 0.25) is 0 Å². The Balaban J connectivity index is 1.75. The maximum atomic E-state index is 14.1. The predicted molar refractivity (Wildman–Crippen MR) is 110 cm³/mol. The second-order valence-electron chi connectivity index (χ2n) is 8.52. The molecule has 0 radical (unpaired) electrons. The molecule has 5 rings (SSSR count). The lowest BCUT2D eigenvalue weighted by Gasteiger charge is -2.35. The summed E-state index contributed by atoms with van der Waals surface area (Å²) >= 11 is 0. The van der Waals surface area contributed by atoms with Gasteiger partial charge in [-0.25, -0.2) is 4.39 Å². The van der Waals surface area contributed by atoms with Crippen molar-refractivity contribution in [2.24, 2.45) is 5.92 Å². The van der Waals surface area contributed by atoms with Crippen LogP contribution in [0.3, 0.4) is 0 Å². The van der Waals surface area contributed by atoms with Gasteiger partial charge in [0.1, 0.15) is 11.9 Å². The average molecular weight is 375 g/mol. The van der Waals surface area contributed by atoms with Gasteiger partial charge in [0.25, 0.3) is 0 Å². The standard InChI is InChI=1S/C24H26FN3/c1-16(17-9-10-17)27-13-5-4-8-23(27)24-21(15-26)20-14-18(25)11-12-22(20)28(24)19-6-2-3-7-19/h4-5,8,11-12,14,16-17,19H,2-3,6-7,9-10,13H2,1H3/t16-/m0/s1. The molecule has 0 bridgehead atoms. The number of halogens is 1. The SMILES string of the molecule is C[C@@H](C1CC1)N1CC=CC=C1c1c(C#N)c2cc(F)ccc2n1C1CCCC1. The highest BCUT2D eigenvalue weighted by molar-refractivity contribution is 5.93. The Morgan fingerprint density at radius 2 is 1.96 bits per heavy atom. The monoisotopic (exact) mass is 375 g/mol. The van der Waals surface area contributed by atoms with Gasteiger partial charge in [-0.15, -0.1) is 0 Å². The Hall–Kier alpha value is -2.54. The zero-order valence-corrected chi connectivity index (χ0v) is 16.4. The lowest BCUT2D eigenvalue weighted by molar-refractivity contribution is 0.304. The molecule has 0 spiro atoms. The molecule has 2 saturated carbocycles. The average Bonchev–Trinajstić information content (AvgIpc) is 3.33. The van der Waals surface area contributed by atoms with E-state index in [-0.39, 0.29) is 5.82 Å². The van der Waals surface area contributed by atoms with Gasteiger partial charge in [0, 0.05) is 24.0 Å². The van der Waals surface area contributed by atoms with Gasteiger partial charge in [-0.1, -0.05) is 25.0 Å². The van der Waals surface area contributed by atoms with Crippen LogP contribution >= 0.6 is 0 Å². The molecule has 1 aliphatic heterocycles. The van der Waals surface area contributed by atoms with E-state index in [0.717, 1.165) is 47.6 Å². The van der Waals surface area contributed by atoms with Crippen molar-refractivity contribution in [2.45, 2.75) is 57.5 Å². The van der Waals surface area contributed by atoms with Crippen molar-refractivity contribution in [3.05, 3.63) is 53.5 Å². The fourth-order valence-electron chi connectivity index (χ4n) is 5.15. The molecule has 4 heteroatoms. The lowest BCUT2D eigenvalue weighted by atomic mass is 10.0. The number of nitrogens with zero attached hydrogens (tertiary/aromatic N) is 3. The fourth-order valence-corrected chi connectivity index (χ4v) is 5.15. The van der Waals surface area contributed by atoms with Gasteiger partial charge in [0.05, 0.1) is 22.5 Å². The number of aromatic nitrogens is 1. The summed E-state index contributed by atoms with van der Waals surface area (Å²) < 4.78 is 16.4. The maximum absolute atomic E-state index is 14.1. The Morgan fingerprint density at radius 3 is 2.68 bits per heavy atom. The quantitative estimate of drug-likeness (QED) is 0.678. The molecule has 0 unspecified atom stereocenters. The largest absolute Gasteiger partial charge is 0.363 e. The van der Waals surface area contributed by atoms with E-state index < -0.39 is 0 Å². The van der Waals surface area contributed by atoms with E-state index in [0.29, 0.717) is 17.6 Å². The summed E-state index contributed by atoms with van der Waals surface area (Å²) in [6, 6.07) is 8.20. The molecule has 3 aliphatic rings. The third kappa shape index (κ3) is 2.76. The van der Waals surface area contributed by atoms with Crippen molar-refractivity contribution in [1.82, 2.24) is 9.47 Å². The van der Waals surface area contributed by atoms with Crippen molar-refractivity contribution in [3.63, 3.8) is 0 Å². The van der Waals surface area contributed by atoms with Crippen molar-refractivity contribution in [1.29, 1.82) is 5.26 Å². The van der Waals surface area contributed by atoms with Crippen LogP contribution < -0.4 is 0 Å². The first-order chi connectivity index (χ1) is 13.7. The summed E-state index contributed by atoms with van der Waals surface area (Å²) in [6.07, 6.45) is 13.7. The van der Waals surface area contributed by atoms with Gasteiger partial charge in [-0.2, -0.15) is 5.26 Å². The minimum Gasteiger partial charge on any atom is -0.363 e. The minimum atomic E-state index is -0.278. The lowest BCUT2D eigenvalue weighted by Crippen LogP contribution is -2.35. The predicted octanol–water partition coefficient (Wildman–Crippen LogP) is 5.78. The third-order valence-corrected chi connectivity index (χ3v) is 6.81. The number of rotatable bonds is 4. The second kappa shape index (κ2) is 6.81. The maximum Gasteiger partial charge on any atom is 0.124 e. The van der Waals surface area contributed by atoms with Gasteiger partial charge in [0.15, 0.2) is 0 Å². The highest BCUT2D eigenvalue weighted by atomic mass is 19.1. The Labute approximate surface area is 165 Å². The molecule has 0 amide bonds. The van der Waals surface area contributed by atoms with E-state index >= 15 is 0 Å². The number of hydrogen-bond donors (Lipinski definition) is 0. The van der Waals surface area contributed by atoms with Crippen LogP contribution in [-0.2, 0) is 0 Å². The van der Waals surface area contributed by atoms with E-state index in [1.807, 2.05) is 6.07 Å². The molecule has 144 valence electrons. The van der Waals surface area contributed by atoms with Crippen molar-refractivity contribution >= 4 is 16.6 Å². The molecule has 1 aromatic heterocycles. The molecule has 28 heavy (non-hydrogen) atoms. The van der Waals surface area contributed by atoms with Crippen LogP contribution in [0.25, 0.3) is 16.6 Å². The molecular formula is C24H26FN3. The molecular weight excluding hydrogens is 349 g/mol. The van der Waals surface area contributed by atoms with Crippen LogP contribution in [0, 0.1) is 23.1 Å². The Kier molecular flexibility index (Phi) is 4.27. The molecule has 1 atom stereocenters. The Morgan fingerprint density at radius 1 is 1.18 bits per heavy atom. The topological polar surface area (TPSA) is 32.0 Å². The summed E-state index contributed by atoms with van der Waals surface area (Å²) in [5.74, 6) is 0.460. The summed E-state index contributed by atoms with van der Waals surface area (Å²) in [6.45, 7) is 3.17. The number of nitriles is 1. The van der Waals surface area contributed by atoms with Crippen molar-refractivity contribution in [2.75, 3.05) is 6.54 Å². The molecule has 2 heterocycles. The first-order valence-corrected chi connectivity index (χ1v) is 10.6. The molecule has 2 aliphatic carbocycles. The highest BCUT2D eigenvalue weighted by Crippen LogP contribution is 2.43. The Bertz CT molecular complexity index is 1010. The molecule has 2 aromatic rings. The number of allylic oxidation sites excluding steroid dienone is 2. The number of fused-ring (bicyclic) bond motifs is 1. The van der Waals surface area contributed by atoms with Crippen LogP contribution in [0.5, 0.6) is 0 Å². The number of benzene rings is 1. The van der Waals surface area contributed by atoms with E-state index in [1.165, 1.54) is 37.8 Å². The van der Waals surface area contributed by atoms with Gasteiger partial charge >= 0.3 is 0 Å². The summed E-state index contributed by atoms with van der Waals surface area (Å²) in [4.78, 5) is 2.45. The van der Waals surface area contributed by atoms with Crippen LogP contribution in [0.15, 0.2) is 36.4 Å². The van der Waals surface area contributed by atoms with Crippen molar-refractivity contribution < 1.29 is 4.39 Å². The fraction of sp³-hybridized carbons (Fsp3) is 0.458. The zero-order valence-electron chi connectivity index (χ0n) is 16.4. The molecule has 0 saturated heterocycles. The van der Waals surface area contributed by atoms with Crippen LogP contribution in [0.4, 0.5) is 4.39 Å². The normalized spacial score (nSPS) is 21.2. The van der Waals surface area contributed by atoms with E-state index in [4.69, 9.17) is 0 Å². The smallest absolute Gasteiger partial charge is 0.124 e. The number of hydrogen-bond acceptors (Lipinski definition) is 2. The summed E-state index contributed by atoms with van der Waals surface area (Å²) in [5, 5.41) is 10.8. The molecule has 2 fully saturated rings.